The van der Waals surface area contributed by atoms with E-state index in [1.807, 2.05) is 12.1 Å². The summed E-state index contributed by atoms with van der Waals surface area (Å²) in [5.74, 6) is -0.607. The van der Waals surface area contributed by atoms with Gasteiger partial charge in [0.25, 0.3) is 0 Å². The van der Waals surface area contributed by atoms with Crippen molar-refractivity contribution in [1.82, 2.24) is 0 Å². The third-order valence-electron chi connectivity index (χ3n) is 2.49. The number of hydrogen-bond donors (Lipinski definition) is 0. The van der Waals surface area contributed by atoms with E-state index in [4.69, 9.17) is 9.47 Å². The number of carbonyl (C=O) groups is 1. The summed E-state index contributed by atoms with van der Waals surface area (Å²) >= 11 is 3.32. The van der Waals surface area contributed by atoms with Crippen molar-refractivity contribution >= 4 is 21.9 Å². The Hall–Kier alpha value is -1.88. The van der Waals surface area contributed by atoms with Gasteiger partial charge in [-0.25, -0.2) is 9.18 Å². The Morgan fingerprint density at radius 3 is 2.45 bits per heavy atom. The summed E-state index contributed by atoms with van der Waals surface area (Å²) in [6.45, 7) is 0.269. The Morgan fingerprint density at radius 2 is 1.75 bits per heavy atom. The summed E-state index contributed by atoms with van der Waals surface area (Å²) in [6, 6.07) is 13.0. The zero-order chi connectivity index (χ0) is 14.4. The van der Waals surface area contributed by atoms with E-state index in [0.717, 1.165) is 4.47 Å². The highest BCUT2D eigenvalue weighted by molar-refractivity contribution is 9.10. The summed E-state index contributed by atoms with van der Waals surface area (Å²) in [4.78, 5) is 11.6. The van der Waals surface area contributed by atoms with Crippen LogP contribution in [0.4, 0.5) is 4.39 Å². The number of ether oxygens (including phenoxy) is 2. The van der Waals surface area contributed by atoms with Crippen LogP contribution < -0.4 is 4.74 Å². The molecule has 0 aliphatic carbocycles. The van der Waals surface area contributed by atoms with Crippen molar-refractivity contribution < 1.29 is 18.7 Å². The smallest absolute Gasteiger partial charge is 0.341 e. The minimum Gasteiger partial charge on any atom is -0.490 e. The van der Waals surface area contributed by atoms with E-state index in [1.165, 1.54) is 18.2 Å². The molecule has 5 heteroatoms. The lowest BCUT2D eigenvalue weighted by Gasteiger charge is -2.07. The van der Waals surface area contributed by atoms with Crippen LogP contribution in [-0.2, 0) is 4.74 Å². The molecule has 20 heavy (non-hydrogen) atoms. The third-order valence-corrected chi connectivity index (χ3v) is 3.02. The van der Waals surface area contributed by atoms with E-state index in [2.05, 4.69) is 15.9 Å². The molecule has 2 aromatic carbocycles. The summed E-state index contributed by atoms with van der Waals surface area (Å²) in [5.41, 5.74) is -0.0730. The quantitative estimate of drug-likeness (QED) is 0.614. The average Bonchev–Trinajstić information content (AvgIpc) is 2.46. The molecule has 0 saturated carbocycles. The molecule has 0 aliphatic heterocycles. The number of benzene rings is 2. The van der Waals surface area contributed by atoms with Crippen molar-refractivity contribution in [3.8, 4) is 5.75 Å². The molecular weight excluding hydrogens is 327 g/mol. The van der Waals surface area contributed by atoms with Crippen molar-refractivity contribution in [2.45, 2.75) is 0 Å². The molecule has 2 aromatic rings. The molecule has 0 radical (unpaired) electrons. The second kappa shape index (κ2) is 7.05. The lowest BCUT2D eigenvalue weighted by molar-refractivity contribution is 0.0445. The monoisotopic (exact) mass is 338 g/mol. The lowest BCUT2D eigenvalue weighted by Crippen LogP contribution is -2.13. The molecule has 0 saturated heterocycles. The molecular formula is C15H12BrFO3. The fourth-order valence-electron chi connectivity index (χ4n) is 1.53. The summed E-state index contributed by atoms with van der Waals surface area (Å²) in [5, 5.41) is 0. The highest BCUT2D eigenvalue weighted by Crippen LogP contribution is 2.16. The summed E-state index contributed by atoms with van der Waals surface area (Å²) in [7, 11) is 0. The molecule has 0 heterocycles. The van der Waals surface area contributed by atoms with E-state index in [9.17, 15) is 9.18 Å². The Labute approximate surface area is 124 Å². The van der Waals surface area contributed by atoms with Crippen molar-refractivity contribution in [1.29, 1.82) is 0 Å². The standard InChI is InChI=1S/C15H12BrFO3/c16-11-5-7-12(8-6-11)19-9-10-20-15(18)13-3-1-2-4-14(13)17/h1-8H,9-10H2. The zero-order valence-electron chi connectivity index (χ0n) is 10.5. The molecule has 0 atom stereocenters. The second-order valence-electron chi connectivity index (χ2n) is 3.92. The van der Waals surface area contributed by atoms with Crippen LogP contribution in [0.3, 0.4) is 0 Å². The van der Waals surface area contributed by atoms with Crippen LogP contribution in [0.2, 0.25) is 0 Å². The highest BCUT2D eigenvalue weighted by atomic mass is 79.9. The largest absolute Gasteiger partial charge is 0.490 e. The maximum atomic E-state index is 13.3. The van der Waals surface area contributed by atoms with E-state index in [-0.39, 0.29) is 18.8 Å². The molecule has 0 bridgehead atoms. The van der Waals surface area contributed by atoms with Gasteiger partial charge in [0.1, 0.15) is 24.8 Å². The van der Waals surface area contributed by atoms with Crippen molar-refractivity contribution in [2.75, 3.05) is 13.2 Å². The normalized spacial score (nSPS) is 10.1. The van der Waals surface area contributed by atoms with Gasteiger partial charge in [-0.05, 0) is 36.4 Å². The molecule has 0 unspecified atom stereocenters. The molecule has 0 amide bonds. The highest BCUT2D eigenvalue weighted by Gasteiger charge is 2.11. The van der Waals surface area contributed by atoms with E-state index in [1.54, 1.807) is 18.2 Å². The van der Waals surface area contributed by atoms with Gasteiger partial charge in [0.15, 0.2) is 0 Å². The molecule has 0 aliphatic rings. The Bertz CT molecular complexity index is 584. The molecule has 0 spiro atoms. The van der Waals surface area contributed by atoms with E-state index >= 15 is 0 Å². The van der Waals surface area contributed by atoms with Crippen LogP contribution in [0.1, 0.15) is 10.4 Å². The minimum atomic E-state index is -0.692. The van der Waals surface area contributed by atoms with E-state index < -0.39 is 11.8 Å². The summed E-state index contributed by atoms with van der Waals surface area (Å²) < 4.78 is 24.6. The van der Waals surface area contributed by atoms with Crippen LogP contribution in [0, 0.1) is 5.82 Å². The van der Waals surface area contributed by atoms with Gasteiger partial charge in [-0.2, -0.15) is 0 Å². The predicted molar refractivity (Wildman–Crippen MR) is 76.3 cm³/mol. The summed E-state index contributed by atoms with van der Waals surface area (Å²) in [6.07, 6.45) is 0. The number of hydrogen-bond acceptors (Lipinski definition) is 3. The molecule has 0 fully saturated rings. The van der Waals surface area contributed by atoms with Crippen LogP contribution in [-0.4, -0.2) is 19.2 Å². The Balaban J connectivity index is 1.77. The van der Waals surface area contributed by atoms with Gasteiger partial charge in [-0.1, -0.05) is 28.1 Å². The van der Waals surface area contributed by atoms with Crippen LogP contribution in [0.25, 0.3) is 0 Å². The fourth-order valence-corrected chi connectivity index (χ4v) is 1.79. The van der Waals surface area contributed by atoms with Crippen LogP contribution in [0.5, 0.6) is 5.75 Å². The average molecular weight is 339 g/mol. The zero-order valence-corrected chi connectivity index (χ0v) is 12.1. The van der Waals surface area contributed by atoms with Crippen molar-refractivity contribution in [3.05, 3.63) is 64.4 Å². The number of esters is 1. The fraction of sp³-hybridized carbons (Fsp3) is 0.133. The van der Waals surface area contributed by atoms with Crippen molar-refractivity contribution in [2.24, 2.45) is 0 Å². The SMILES string of the molecule is O=C(OCCOc1ccc(Br)cc1)c1ccccc1F. The lowest BCUT2D eigenvalue weighted by atomic mass is 10.2. The minimum absolute atomic E-state index is 0.0588. The third kappa shape index (κ3) is 4.06. The Morgan fingerprint density at radius 1 is 1.05 bits per heavy atom. The molecule has 2 rings (SSSR count). The van der Waals surface area contributed by atoms with Gasteiger partial charge >= 0.3 is 5.97 Å². The first-order chi connectivity index (χ1) is 9.66. The topological polar surface area (TPSA) is 35.5 Å². The maximum Gasteiger partial charge on any atom is 0.341 e. The molecule has 0 N–H and O–H groups in total. The molecule has 3 nitrogen and oxygen atoms in total. The van der Waals surface area contributed by atoms with Gasteiger partial charge in [0.05, 0.1) is 5.56 Å². The van der Waals surface area contributed by atoms with Gasteiger partial charge < -0.3 is 9.47 Å². The first-order valence-corrected chi connectivity index (χ1v) is 6.76. The van der Waals surface area contributed by atoms with Gasteiger partial charge in [-0.15, -0.1) is 0 Å². The van der Waals surface area contributed by atoms with Gasteiger partial charge in [0.2, 0.25) is 0 Å². The first kappa shape index (κ1) is 14.5. The van der Waals surface area contributed by atoms with Crippen molar-refractivity contribution in [3.63, 3.8) is 0 Å². The molecule has 104 valence electrons. The molecule has 0 aromatic heterocycles. The first-order valence-electron chi connectivity index (χ1n) is 5.97. The van der Waals surface area contributed by atoms with Gasteiger partial charge in [-0.3, -0.25) is 0 Å². The maximum absolute atomic E-state index is 13.3. The number of carbonyl (C=O) groups excluding carboxylic acids is 1. The van der Waals surface area contributed by atoms with Crippen LogP contribution >= 0.6 is 15.9 Å². The second-order valence-corrected chi connectivity index (χ2v) is 4.83. The van der Waals surface area contributed by atoms with Gasteiger partial charge in [0, 0.05) is 4.47 Å². The number of rotatable bonds is 5. The predicted octanol–water partition coefficient (Wildman–Crippen LogP) is 3.82. The Kier molecular flexibility index (Phi) is 5.12. The number of halogens is 2. The van der Waals surface area contributed by atoms with E-state index in [0.29, 0.717) is 5.75 Å². The van der Waals surface area contributed by atoms with Crippen LogP contribution in [0.15, 0.2) is 53.0 Å².